The van der Waals surface area contributed by atoms with Crippen molar-refractivity contribution in [2.75, 3.05) is 4.90 Å². The van der Waals surface area contributed by atoms with Gasteiger partial charge in [0.1, 0.15) is 5.82 Å². The fourth-order valence-electron chi connectivity index (χ4n) is 2.23. The van der Waals surface area contributed by atoms with E-state index in [4.69, 9.17) is 11.6 Å². The zero-order chi connectivity index (χ0) is 14.3. The largest absolute Gasteiger partial charge is 0.300 e. The fourth-order valence-corrected chi connectivity index (χ4v) is 2.40. The number of amides is 1. The summed E-state index contributed by atoms with van der Waals surface area (Å²) in [7, 11) is 0. The molecule has 0 bridgehead atoms. The van der Waals surface area contributed by atoms with E-state index in [9.17, 15) is 14.0 Å². The monoisotopic (exact) mass is 289 g/mol. The third-order valence-corrected chi connectivity index (χ3v) is 3.45. The Kier molecular flexibility index (Phi) is 3.03. The summed E-state index contributed by atoms with van der Waals surface area (Å²) in [5.41, 5.74) is 1.09. The predicted octanol–water partition coefficient (Wildman–Crippen LogP) is 3.21. The van der Waals surface area contributed by atoms with E-state index in [1.54, 1.807) is 30.3 Å². The summed E-state index contributed by atoms with van der Waals surface area (Å²) < 4.78 is 13.7. The van der Waals surface area contributed by atoms with Crippen LogP contribution in [0.3, 0.4) is 0 Å². The molecule has 0 saturated carbocycles. The normalized spacial score (nSPS) is 13.8. The van der Waals surface area contributed by atoms with Crippen LogP contribution in [0.2, 0.25) is 5.02 Å². The molecule has 0 aliphatic carbocycles. The van der Waals surface area contributed by atoms with Gasteiger partial charge in [-0.3, -0.25) is 9.59 Å². The van der Waals surface area contributed by atoms with Crippen LogP contribution in [0.4, 0.5) is 10.1 Å². The molecule has 5 heteroatoms. The van der Waals surface area contributed by atoms with E-state index in [-0.39, 0.29) is 12.1 Å². The van der Waals surface area contributed by atoms with Gasteiger partial charge in [-0.15, -0.1) is 0 Å². The molecule has 0 N–H and O–H groups in total. The van der Waals surface area contributed by atoms with Crippen LogP contribution in [0, 0.1) is 5.82 Å². The lowest BCUT2D eigenvalue weighted by Crippen LogP contribution is -2.29. The first-order chi connectivity index (χ1) is 9.58. The number of carbonyl (C=O) groups is 2. The number of rotatable bonds is 2. The van der Waals surface area contributed by atoms with Crippen LogP contribution in [0.1, 0.15) is 15.9 Å². The van der Waals surface area contributed by atoms with Gasteiger partial charge in [0.25, 0.3) is 11.7 Å². The lowest BCUT2D eigenvalue weighted by molar-refractivity contribution is -0.114. The van der Waals surface area contributed by atoms with Gasteiger partial charge in [-0.2, -0.15) is 0 Å². The summed E-state index contributed by atoms with van der Waals surface area (Å²) >= 11 is 5.83. The molecule has 0 spiro atoms. The van der Waals surface area contributed by atoms with Crippen molar-refractivity contribution in [1.29, 1.82) is 0 Å². The predicted molar refractivity (Wildman–Crippen MR) is 73.4 cm³/mol. The van der Waals surface area contributed by atoms with Crippen molar-refractivity contribution in [3.63, 3.8) is 0 Å². The third kappa shape index (κ3) is 1.98. The molecule has 100 valence electrons. The molecule has 0 radical (unpaired) electrons. The van der Waals surface area contributed by atoms with E-state index >= 15 is 0 Å². The Labute approximate surface area is 119 Å². The first-order valence-corrected chi connectivity index (χ1v) is 6.35. The molecule has 2 aromatic carbocycles. The second kappa shape index (κ2) is 4.72. The Morgan fingerprint density at radius 1 is 1.10 bits per heavy atom. The minimum Gasteiger partial charge on any atom is -0.300 e. The Morgan fingerprint density at radius 2 is 1.85 bits per heavy atom. The molecule has 1 aliphatic rings. The van der Waals surface area contributed by atoms with Crippen LogP contribution < -0.4 is 4.90 Å². The van der Waals surface area contributed by atoms with Crippen LogP contribution in [0.15, 0.2) is 42.5 Å². The molecule has 0 saturated heterocycles. The Balaban J connectivity index is 2.02. The van der Waals surface area contributed by atoms with Crippen LogP contribution in [-0.4, -0.2) is 11.7 Å². The summed E-state index contributed by atoms with van der Waals surface area (Å²) in [6.45, 7) is 0.0197. The fraction of sp³-hybridized carbons (Fsp3) is 0.0667. The minimum absolute atomic E-state index is 0.0197. The molecule has 1 amide bonds. The molecular weight excluding hydrogens is 281 g/mol. The highest BCUT2D eigenvalue weighted by Gasteiger charge is 2.36. The molecule has 1 aliphatic heterocycles. The lowest BCUT2D eigenvalue weighted by atomic mass is 10.1. The Bertz CT molecular complexity index is 730. The first kappa shape index (κ1) is 12.8. The van der Waals surface area contributed by atoms with E-state index in [2.05, 4.69) is 0 Å². The van der Waals surface area contributed by atoms with Crippen molar-refractivity contribution in [3.8, 4) is 0 Å². The number of ketones is 1. The Hall–Kier alpha value is -2.20. The van der Waals surface area contributed by atoms with Gasteiger partial charge in [0.05, 0.1) is 17.8 Å². The summed E-state index contributed by atoms with van der Waals surface area (Å²) in [5, 5.41) is 0.387. The summed E-state index contributed by atoms with van der Waals surface area (Å²) in [6.07, 6.45) is 0. The number of carbonyl (C=O) groups excluding carboxylic acids is 2. The molecule has 0 unspecified atom stereocenters. The molecule has 20 heavy (non-hydrogen) atoms. The second-order valence-electron chi connectivity index (χ2n) is 4.47. The number of benzene rings is 2. The molecule has 3 nitrogen and oxygen atoms in total. The van der Waals surface area contributed by atoms with Crippen molar-refractivity contribution in [3.05, 3.63) is 64.4 Å². The van der Waals surface area contributed by atoms with E-state index in [0.29, 0.717) is 16.3 Å². The molecule has 3 rings (SSSR count). The van der Waals surface area contributed by atoms with Gasteiger partial charge in [0.2, 0.25) is 0 Å². The lowest BCUT2D eigenvalue weighted by Gasteiger charge is -2.16. The minimum atomic E-state index is -0.662. The van der Waals surface area contributed by atoms with E-state index in [1.165, 1.54) is 17.0 Å². The van der Waals surface area contributed by atoms with Gasteiger partial charge in [0.15, 0.2) is 0 Å². The van der Waals surface area contributed by atoms with Crippen LogP contribution in [0.25, 0.3) is 0 Å². The number of Topliss-reactive ketones (excluding diaryl/α,β-unsaturated/α-hetero) is 1. The topological polar surface area (TPSA) is 37.4 Å². The number of hydrogen-bond donors (Lipinski definition) is 0. The van der Waals surface area contributed by atoms with Gasteiger partial charge in [-0.05, 0) is 24.3 Å². The number of fused-ring (bicyclic) bond motifs is 1. The van der Waals surface area contributed by atoms with Crippen LogP contribution >= 0.6 is 11.6 Å². The first-order valence-electron chi connectivity index (χ1n) is 5.97. The van der Waals surface area contributed by atoms with Crippen molar-refractivity contribution in [2.24, 2.45) is 0 Å². The maximum atomic E-state index is 13.7. The number of hydrogen-bond acceptors (Lipinski definition) is 2. The SMILES string of the molecule is O=C1C(=O)N(Cc2ccccc2F)c2ccc(Cl)cc21. The average molecular weight is 290 g/mol. The highest BCUT2D eigenvalue weighted by molar-refractivity contribution is 6.52. The zero-order valence-electron chi connectivity index (χ0n) is 10.3. The molecule has 2 aromatic rings. The van der Waals surface area contributed by atoms with Crippen LogP contribution in [-0.2, 0) is 11.3 Å². The van der Waals surface area contributed by atoms with E-state index in [1.807, 2.05) is 0 Å². The van der Waals surface area contributed by atoms with Crippen LogP contribution in [0.5, 0.6) is 0 Å². The highest BCUT2D eigenvalue weighted by atomic mass is 35.5. The third-order valence-electron chi connectivity index (χ3n) is 3.22. The Morgan fingerprint density at radius 3 is 2.60 bits per heavy atom. The summed E-state index contributed by atoms with van der Waals surface area (Å²) in [4.78, 5) is 25.2. The quantitative estimate of drug-likeness (QED) is 0.796. The van der Waals surface area contributed by atoms with Gasteiger partial charge in [-0.25, -0.2) is 4.39 Å². The zero-order valence-corrected chi connectivity index (χ0v) is 11.0. The molecule has 1 heterocycles. The van der Waals surface area contributed by atoms with Crippen molar-refractivity contribution in [2.45, 2.75) is 6.54 Å². The summed E-state index contributed by atoms with van der Waals surface area (Å²) in [6, 6.07) is 10.8. The van der Waals surface area contributed by atoms with Crippen molar-refractivity contribution >= 4 is 29.0 Å². The molecule has 0 atom stereocenters. The number of nitrogens with zero attached hydrogens (tertiary/aromatic N) is 1. The maximum Gasteiger partial charge on any atom is 0.299 e. The molecule has 0 aromatic heterocycles. The summed E-state index contributed by atoms with van der Waals surface area (Å²) in [5.74, 6) is -1.68. The smallest absolute Gasteiger partial charge is 0.299 e. The standard InChI is InChI=1S/C15H9ClFNO2/c16-10-5-6-13-11(7-10)14(19)15(20)18(13)8-9-3-1-2-4-12(9)17/h1-7H,8H2. The number of halogens is 2. The van der Waals surface area contributed by atoms with Crippen molar-refractivity contribution < 1.29 is 14.0 Å². The van der Waals surface area contributed by atoms with Crippen molar-refractivity contribution in [1.82, 2.24) is 0 Å². The molecular formula is C15H9ClFNO2. The maximum absolute atomic E-state index is 13.7. The highest BCUT2D eigenvalue weighted by Crippen LogP contribution is 2.32. The van der Waals surface area contributed by atoms with E-state index < -0.39 is 17.5 Å². The average Bonchev–Trinajstić information content (AvgIpc) is 2.66. The molecule has 0 fully saturated rings. The van der Waals surface area contributed by atoms with E-state index in [0.717, 1.165) is 0 Å². The van der Waals surface area contributed by atoms with Gasteiger partial charge in [0, 0.05) is 10.6 Å². The van der Waals surface area contributed by atoms with Gasteiger partial charge < -0.3 is 4.90 Å². The van der Waals surface area contributed by atoms with Gasteiger partial charge >= 0.3 is 0 Å². The number of anilines is 1. The van der Waals surface area contributed by atoms with Gasteiger partial charge in [-0.1, -0.05) is 29.8 Å². The second-order valence-corrected chi connectivity index (χ2v) is 4.91.